The van der Waals surface area contributed by atoms with Crippen molar-refractivity contribution in [2.24, 2.45) is 11.0 Å². The van der Waals surface area contributed by atoms with Gasteiger partial charge in [-0.05, 0) is 42.7 Å². The van der Waals surface area contributed by atoms with Gasteiger partial charge in [0, 0.05) is 11.5 Å². The second-order valence-electron chi connectivity index (χ2n) is 4.85. The summed E-state index contributed by atoms with van der Waals surface area (Å²) in [7, 11) is 0. The molecule has 0 bridgehead atoms. The average molecular weight is 245 g/mol. The lowest BCUT2D eigenvalue weighted by Gasteiger charge is -2.27. The Morgan fingerprint density at radius 1 is 1.17 bits per heavy atom. The SMILES string of the molecule is [N-]=[N+]=NCC1CCC(OCc2ccccc2)CC1. The molecule has 1 aliphatic rings. The molecule has 1 aromatic rings. The van der Waals surface area contributed by atoms with Crippen LogP contribution in [0.1, 0.15) is 31.2 Å². The van der Waals surface area contributed by atoms with Crippen LogP contribution in [0.5, 0.6) is 0 Å². The molecular formula is C14H19N3O. The molecule has 0 spiro atoms. The van der Waals surface area contributed by atoms with Crippen molar-refractivity contribution in [3.63, 3.8) is 0 Å². The highest BCUT2D eigenvalue weighted by Gasteiger charge is 2.20. The van der Waals surface area contributed by atoms with E-state index < -0.39 is 0 Å². The van der Waals surface area contributed by atoms with Crippen LogP contribution in [0.25, 0.3) is 10.4 Å². The van der Waals surface area contributed by atoms with Gasteiger partial charge in [-0.15, -0.1) is 0 Å². The molecule has 0 unspecified atom stereocenters. The van der Waals surface area contributed by atoms with Gasteiger partial charge >= 0.3 is 0 Å². The van der Waals surface area contributed by atoms with Gasteiger partial charge in [0.25, 0.3) is 0 Å². The minimum atomic E-state index is 0.368. The van der Waals surface area contributed by atoms with Crippen molar-refractivity contribution in [1.29, 1.82) is 0 Å². The van der Waals surface area contributed by atoms with Gasteiger partial charge in [-0.25, -0.2) is 0 Å². The van der Waals surface area contributed by atoms with Gasteiger partial charge in [0.2, 0.25) is 0 Å². The third kappa shape index (κ3) is 4.06. The molecule has 0 atom stereocenters. The Balaban J connectivity index is 1.69. The number of hydrogen-bond donors (Lipinski definition) is 0. The van der Waals surface area contributed by atoms with E-state index in [4.69, 9.17) is 10.3 Å². The third-order valence-electron chi connectivity index (χ3n) is 3.53. The first-order chi connectivity index (χ1) is 8.88. The van der Waals surface area contributed by atoms with Crippen molar-refractivity contribution in [3.05, 3.63) is 46.3 Å². The van der Waals surface area contributed by atoms with Crippen LogP contribution in [-0.4, -0.2) is 12.6 Å². The maximum absolute atomic E-state index is 8.29. The van der Waals surface area contributed by atoms with E-state index in [2.05, 4.69) is 22.2 Å². The molecule has 0 heterocycles. The molecule has 18 heavy (non-hydrogen) atoms. The number of nitrogens with zero attached hydrogens (tertiary/aromatic N) is 3. The molecule has 96 valence electrons. The van der Waals surface area contributed by atoms with Crippen LogP contribution in [0.2, 0.25) is 0 Å². The molecule has 4 heteroatoms. The van der Waals surface area contributed by atoms with Gasteiger partial charge in [0.1, 0.15) is 0 Å². The summed E-state index contributed by atoms with van der Waals surface area (Å²) in [6, 6.07) is 10.3. The van der Waals surface area contributed by atoms with E-state index in [0.717, 1.165) is 25.7 Å². The quantitative estimate of drug-likeness (QED) is 0.438. The summed E-state index contributed by atoms with van der Waals surface area (Å²) in [4.78, 5) is 2.82. The predicted molar refractivity (Wildman–Crippen MR) is 71.0 cm³/mol. The molecule has 0 aromatic heterocycles. The van der Waals surface area contributed by atoms with E-state index in [1.807, 2.05) is 18.2 Å². The summed E-state index contributed by atoms with van der Waals surface area (Å²) in [5.41, 5.74) is 9.52. The van der Waals surface area contributed by atoms with Gasteiger partial charge in [-0.3, -0.25) is 0 Å². The molecular weight excluding hydrogens is 226 g/mol. The second-order valence-corrected chi connectivity index (χ2v) is 4.85. The van der Waals surface area contributed by atoms with E-state index in [9.17, 15) is 0 Å². The maximum atomic E-state index is 8.29. The number of benzene rings is 1. The van der Waals surface area contributed by atoms with Crippen LogP contribution < -0.4 is 0 Å². The molecule has 1 aliphatic carbocycles. The summed E-state index contributed by atoms with van der Waals surface area (Å²) >= 11 is 0. The zero-order valence-electron chi connectivity index (χ0n) is 10.5. The second kappa shape index (κ2) is 7.04. The molecule has 0 amide bonds. The van der Waals surface area contributed by atoms with Crippen LogP contribution in [0.4, 0.5) is 0 Å². The number of hydrogen-bond acceptors (Lipinski definition) is 2. The average Bonchev–Trinajstić information content (AvgIpc) is 2.45. The zero-order chi connectivity index (χ0) is 12.6. The summed E-state index contributed by atoms with van der Waals surface area (Å²) < 4.78 is 5.92. The van der Waals surface area contributed by atoms with Crippen molar-refractivity contribution < 1.29 is 4.74 Å². The molecule has 2 rings (SSSR count). The molecule has 1 fully saturated rings. The smallest absolute Gasteiger partial charge is 0.0720 e. The van der Waals surface area contributed by atoms with Crippen LogP contribution in [0, 0.1) is 5.92 Å². The maximum Gasteiger partial charge on any atom is 0.0720 e. The lowest BCUT2D eigenvalue weighted by atomic mass is 9.87. The third-order valence-corrected chi connectivity index (χ3v) is 3.53. The Kier molecular flexibility index (Phi) is 5.06. The van der Waals surface area contributed by atoms with Crippen molar-refractivity contribution in [3.8, 4) is 0 Å². The first-order valence-electron chi connectivity index (χ1n) is 6.55. The first kappa shape index (κ1) is 12.9. The van der Waals surface area contributed by atoms with E-state index in [1.165, 1.54) is 5.56 Å². The molecule has 0 aliphatic heterocycles. The summed E-state index contributed by atoms with van der Waals surface area (Å²) in [5.74, 6) is 0.553. The summed E-state index contributed by atoms with van der Waals surface area (Å²) in [6.07, 6.45) is 4.75. The van der Waals surface area contributed by atoms with Crippen molar-refractivity contribution in [2.45, 2.75) is 38.4 Å². The zero-order valence-corrected chi connectivity index (χ0v) is 10.5. The Bertz CT molecular complexity index is 393. The fourth-order valence-electron chi connectivity index (χ4n) is 2.42. The number of rotatable bonds is 5. The van der Waals surface area contributed by atoms with Gasteiger partial charge < -0.3 is 4.74 Å². The predicted octanol–water partition coefficient (Wildman–Crippen LogP) is 4.07. The summed E-state index contributed by atoms with van der Waals surface area (Å²) in [5, 5.41) is 3.65. The fourth-order valence-corrected chi connectivity index (χ4v) is 2.42. The highest BCUT2D eigenvalue weighted by molar-refractivity contribution is 5.13. The van der Waals surface area contributed by atoms with Gasteiger partial charge in [-0.1, -0.05) is 35.4 Å². The Morgan fingerprint density at radius 3 is 2.56 bits per heavy atom. The number of azide groups is 1. The van der Waals surface area contributed by atoms with Crippen LogP contribution in [-0.2, 0) is 11.3 Å². The van der Waals surface area contributed by atoms with E-state index in [-0.39, 0.29) is 0 Å². The van der Waals surface area contributed by atoms with Gasteiger partial charge in [-0.2, -0.15) is 0 Å². The minimum Gasteiger partial charge on any atom is -0.374 e. The van der Waals surface area contributed by atoms with Crippen molar-refractivity contribution in [1.82, 2.24) is 0 Å². The van der Waals surface area contributed by atoms with E-state index >= 15 is 0 Å². The monoisotopic (exact) mass is 245 g/mol. The van der Waals surface area contributed by atoms with Crippen molar-refractivity contribution >= 4 is 0 Å². The molecule has 1 saturated carbocycles. The van der Waals surface area contributed by atoms with Crippen LogP contribution in [0.3, 0.4) is 0 Å². The molecule has 0 radical (unpaired) electrons. The van der Waals surface area contributed by atoms with Gasteiger partial charge in [0.05, 0.1) is 12.7 Å². The molecule has 4 nitrogen and oxygen atoms in total. The largest absolute Gasteiger partial charge is 0.374 e. The Labute approximate surface area is 108 Å². The normalized spacial score (nSPS) is 23.3. The van der Waals surface area contributed by atoms with Gasteiger partial charge in [0.15, 0.2) is 0 Å². The molecule has 0 N–H and O–H groups in total. The lowest BCUT2D eigenvalue weighted by molar-refractivity contribution is 0.00796. The Hall–Kier alpha value is -1.51. The highest BCUT2D eigenvalue weighted by atomic mass is 16.5. The first-order valence-corrected chi connectivity index (χ1v) is 6.55. The topological polar surface area (TPSA) is 58.0 Å². The van der Waals surface area contributed by atoms with Crippen LogP contribution >= 0.6 is 0 Å². The highest BCUT2D eigenvalue weighted by Crippen LogP contribution is 2.27. The van der Waals surface area contributed by atoms with Crippen LogP contribution in [0.15, 0.2) is 35.4 Å². The minimum absolute atomic E-state index is 0.368. The van der Waals surface area contributed by atoms with E-state index in [1.54, 1.807) is 0 Å². The summed E-state index contributed by atoms with van der Waals surface area (Å²) in [6.45, 7) is 1.34. The standard InChI is InChI=1S/C14H19N3O/c15-17-16-10-12-6-8-14(9-7-12)18-11-13-4-2-1-3-5-13/h1-5,12,14H,6-11H2. The molecule has 0 saturated heterocycles. The Morgan fingerprint density at radius 2 is 1.89 bits per heavy atom. The fraction of sp³-hybridized carbons (Fsp3) is 0.571. The van der Waals surface area contributed by atoms with E-state index in [0.29, 0.717) is 25.2 Å². The van der Waals surface area contributed by atoms with Crippen molar-refractivity contribution in [2.75, 3.05) is 6.54 Å². The lowest BCUT2D eigenvalue weighted by Crippen LogP contribution is -2.22. The number of ether oxygens (including phenoxy) is 1. The molecule has 1 aromatic carbocycles.